The Labute approximate surface area is 123 Å². The van der Waals surface area contributed by atoms with E-state index in [0.29, 0.717) is 0 Å². The summed E-state index contributed by atoms with van der Waals surface area (Å²) in [6, 6.07) is 0. The molecule has 0 aromatic heterocycles. The molecule has 0 radical (unpaired) electrons. The van der Waals surface area contributed by atoms with E-state index in [1.807, 2.05) is 4.58 Å². The summed E-state index contributed by atoms with van der Waals surface area (Å²) in [7, 11) is 0. The summed E-state index contributed by atoms with van der Waals surface area (Å²) in [6.45, 7) is 4.11. The van der Waals surface area contributed by atoms with Gasteiger partial charge in [0.05, 0.1) is 0 Å². The molecule has 1 aliphatic rings. The minimum Gasteiger partial charge on any atom is -0.478 e. The number of nitrogens with zero attached hydrogens (tertiary/aromatic N) is 1. The number of unbranched alkanes of at least 4 members (excludes halogenated alkanes) is 8. The van der Waals surface area contributed by atoms with Crippen molar-refractivity contribution in [2.24, 2.45) is 0 Å². The second-order valence-corrected chi connectivity index (χ2v) is 5.77. The maximum absolute atomic E-state index is 10.7. The minimum atomic E-state index is -0.738. The lowest BCUT2D eigenvalue weighted by molar-refractivity contribution is -0.509. The van der Waals surface area contributed by atoms with Gasteiger partial charge in [0, 0.05) is 6.42 Å². The van der Waals surface area contributed by atoms with Gasteiger partial charge in [0.2, 0.25) is 5.84 Å². The van der Waals surface area contributed by atoms with E-state index in [2.05, 4.69) is 12.2 Å². The monoisotopic (exact) mass is 283 g/mol. The van der Waals surface area contributed by atoms with Gasteiger partial charge in [-0.15, -0.1) is 0 Å². The zero-order chi connectivity index (χ0) is 14.6. The second kappa shape index (κ2) is 10.7. The van der Waals surface area contributed by atoms with Crippen LogP contribution < -0.4 is 5.32 Å². The number of hydrogen-bond acceptors (Lipinski definition) is 2. The quantitative estimate of drug-likeness (QED) is 0.427. The van der Waals surface area contributed by atoms with Crippen LogP contribution in [0.2, 0.25) is 0 Å². The fourth-order valence-electron chi connectivity index (χ4n) is 2.77. The third-order valence-corrected chi connectivity index (χ3v) is 3.94. The molecule has 0 aromatic rings. The highest BCUT2D eigenvalue weighted by atomic mass is 16.4. The number of carbonyl (C=O) groups is 1. The first-order valence-corrected chi connectivity index (χ1v) is 8.30. The molecule has 1 rings (SSSR count). The van der Waals surface area contributed by atoms with E-state index in [0.717, 1.165) is 25.3 Å². The molecule has 0 spiro atoms. The highest BCUT2D eigenvalue weighted by Gasteiger charge is 2.21. The van der Waals surface area contributed by atoms with Gasteiger partial charge in [-0.2, -0.15) is 0 Å². The lowest BCUT2D eigenvalue weighted by atomic mass is 10.1. The number of aliphatic carboxylic acids is 1. The molecule has 20 heavy (non-hydrogen) atoms. The lowest BCUT2D eigenvalue weighted by Crippen LogP contribution is -2.26. The largest absolute Gasteiger partial charge is 0.478 e. The Bertz CT molecular complexity index is 314. The van der Waals surface area contributed by atoms with Gasteiger partial charge < -0.3 is 5.11 Å². The lowest BCUT2D eigenvalue weighted by Gasteiger charge is -2.03. The predicted octanol–water partition coefficient (Wildman–Crippen LogP) is 3.01. The number of hydrogen-bond donors (Lipinski definition) is 2. The molecule has 0 amide bonds. The zero-order valence-corrected chi connectivity index (χ0v) is 13.0. The van der Waals surface area contributed by atoms with Crippen molar-refractivity contribution < 1.29 is 14.5 Å². The van der Waals surface area contributed by atoms with Crippen molar-refractivity contribution in [3.8, 4) is 0 Å². The average molecular weight is 283 g/mol. The standard InChI is InChI=1S/C16H30N2O2/c1-2-3-4-5-6-7-8-9-10-11-15-17-12-13-18(15)14-16(19)20/h2-14H2,1H3,(H,19,20)/p+1. The molecular formula is C16H31N2O2+. The van der Waals surface area contributed by atoms with E-state index in [9.17, 15) is 4.79 Å². The highest BCUT2D eigenvalue weighted by molar-refractivity contribution is 5.79. The van der Waals surface area contributed by atoms with Gasteiger partial charge in [-0.1, -0.05) is 58.3 Å². The first-order chi connectivity index (χ1) is 9.74. The Kier molecular flexibility index (Phi) is 9.09. The van der Waals surface area contributed by atoms with Gasteiger partial charge in [0.15, 0.2) is 6.54 Å². The average Bonchev–Trinajstić information content (AvgIpc) is 2.83. The first-order valence-electron chi connectivity index (χ1n) is 8.30. The summed E-state index contributed by atoms with van der Waals surface area (Å²) < 4.78 is 1.97. The Morgan fingerprint density at radius 1 is 1.10 bits per heavy atom. The molecule has 1 aliphatic heterocycles. The molecule has 0 fully saturated rings. The van der Waals surface area contributed by atoms with Crippen LogP contribution in [0.5, 0.6) is 0 Å². The maximum atomic E-state index is 10.7. The fraction of sp³-hybridized carbons (Fsp3) is 0.875. The maximum Gasteiger partial charge on any atom is 0.345 e. The van der Waals surface area contributed by atoms with E-state index in [1.54, 1.807) is 0 Å². The van der Waals surface area contributed by atoms with Gasteiger partial charge in [-0.3, -0.25) is 9.89 Å². The van der Waals surface area contributed by atoms with Crippen LogP contribution in [0.15, 0.2) is 0 Å². The third-order valence-electron chi connectivity index (χ3n) is 3.94. The molecule has 0 aliphatic carbocycles. The summed E-state index contributed by atoms with van der Waals surface area (Å²) in [6.07, 6.45) is 13.0. The van der Waals surface area contributed by atoms with Crippen LogP contribution in [-0.4, -0.2) is 41.1 Å². The molecule has 0 aromatic carbocycles. The van der Waals surface area contributed by atoms with E-state index >= 15 is 0 Å². The zero-order valence-electron chi connectivity index (χ0n) is 13.0. The van der Waals surface area contributed by atoms with Crippen LogP contribution in [0.25, 0.3) is 0 Å². The Balaban J connectivity index is 2.01. The molecule has 0 saturated carbocycles. The van der Waals surface area contributed by atoms with E-state index in [4.69, 9.17) is 5.11 Å². The minimum absolute atomic E-state index is 0.139. The normalized spacial score (nSPS) is 14.7. The van der Waals surface area contributed by atoms with Crippen LogP contribution in [0.4, 0.5) is 0 Å². The molecule has 0 atom stereocenters. The summed E-state index contributed by atoms with van der Waals surface area (Å²) in [4.78, 5) is 10.7. The number of nitrogens with one attached hydrogen (secondary N) is 1. The SMILES string of the molecule is CCCCCCCCCCCC1=[N+](CC(=O)O)CCN1. The van der Waals surface area contributed by atoms with Gasteiger partial charge in [0.25, 0.3) is 0 Å². The third kappa shape index (κ3) is 7.51. The molecule has 0 unspecified atom stereocenters. The van der Waals surface area contributed by atoms with Crippen LogP contribution in [0.3, 0.4) is 0 Å². The van der Waals surface area contributed by atoms with Crippen molar-refractivity contribution in [1.29, 1.82) is 0 Å². The summed E-state index contributed by atoms with van der Waals surface area (Å²) in [5.41, 5.74) is 0. The van der Waals surface area contributed by atoms with E-state index in [1.165, 1.54) is 57.8 Å². The van der Waals surface area contributed by atoms with Gasteiger partial charge in [0.1, 0.15) is 13.1 Å². The molecule has 0 bridgehead atoms. The molecule has 2 N–H and O–H groups in total. The van der Waals surface area contributed by atoms with Crippen molar-refractivity contribution in [3.05, 3.63) is 0 Å². The summed E-state index contributed by atoms with van der Waals surface area (Å²) in [5.74, 6) is 0.397. The number of carboxylic acid groups (broad SMARTS) is 1. The molecule has 4 heteroatoms. The Morgan fingerprint density at radius 3 is 2.30 bits per heavy atom. The van der Waals surface area contributed by atoms with Gasteiger partial charge in [-0.05, 0) is 6.42 Å². The van der Waals surface area contributed by atoms with Gasteiger partial charge >= 0.3 is 5.97 Å². The number of rotatable bonds is 12. The van der Waals surface area contributed by atoms with Crippen molar-refractivity contribution in [2.45, 2.75) is 71.1 Å². The van der Waals surface area contributed by atoms with Crippen LogP contribution in [0, 0.1) is 0 Å². The Morgan fingerprint density at radius 2 is 1.70 bits per heavy atom. The van der Waals surface area contributed by atoms with Crippen LogP contribution in [0.1, 0.15) is 71.1 Å². The Hall–Kier alpha value is -1.06. The van der Waals surface area contributed by atoms with Crippen LogP contribution >= 0.6 is 0 Å². The fourth-order valence-corrected chi connectivity index (χ4v) is 2.77. The summed E-state index contributed by atoms with van der Waals surface area (Å²) >= 11 is 0. The van der Waals surface area contributed by atoms with E-state index in [-0.39, 0.29) is 6.54 Å². The van der Waals surface area contributed by atoms with Crippen molar-refractivity contribution >= 4 is 11.8 Å². The van der Waals surface area contributed by atoms with Gasteiger partial charge in [-0.25, -0.2) is 4.79 Å². The number of carboxylic acids is 1. The highest BCUT2D eigenvalue weighted by Crippen LogP contribution is 2.11. The number of amidine groups is 1. The first kappa shape index (κ1) is 17.0. The smallest absolute Gasteiger partial charge is 0.345 e. The van der Waals surface area contributed by atoms with Crippen molar-refractivity contribution in [2.75, 3.05) is 19.6 Å². The topological polar surface area (TPSA) is 52.3 Å². The summed E-state index contributed by atoms with van der Waals surface area (Å²) in [5, 5.41) is 12.2. The predicted molar refractivity (Wildman–Crippen MR) is 82.5 cm³/mol. The molecule has 116 valence electrons. The second-order valence-electron chi connectivity index (χ2n) is 5.77. The molecule has 1 heterocycles. The van der Waals surface area contributed by atoms with Crippen LogP contribution in [-0.2, 0) is 4.79 Å². The van der Waals surface area contributed by atoms with Crippen molar-refractivity contribution in [1.82, 2.24) is 5.32 Å². The molecule has 0 saturated heterocycles. The molecule has 4 nitrogen and oxygen atoms in total. The van der Waals surface area contributed by atoms with E-state index < -0.39 is 5.97 Å². The molecular weight excluding hydrogens is 252 g/mol. The van der Waals surface area contributed by atoms with Crippen molar-refractivity contribution in [3.63, 3.8) is 0 Å².